The molecule has 1 aromatic heterocycles. The molecule has 1 saturated heterocycles. The van der Waals surface area contributed by atoms with Gasteiger partial charge in [-0.3, -0.25) is 0 Å². The summed E-state index contributed by atoms with van der Waals surface area (Å²) in [4.78, 5) is 7.09. The van der Waals surface area contributed by atoms with E-state index in [9.17, 15) is 0 Å². The zero-order valence-corrected chi connectivity index (χ0v) is 13.0. The molecule has 0 spiro atoms. The van der Waals surface area contributed by atoms with E-state index in [1.807, 2.05) is 0 Å². The smallest absolute Gasteiger partial charge is 0.124 e. The first-order chi connectivity index (χ1) is 9.67. The van der Waals surface area contributed by atoms with Crippen molar-refractivity contribution in [3.8, 4) is 0 Å². The van der Waals surface area contributed by atoms with E-state index in [1.165, 1.54) is 37.0 Å². The monoisotopic (exact) mass is 291 g/mol. The van der Waals surface area contributed by atoms with Crippen molar-refractivity contribution in [2.75, 3.05) is 20.1 Å². The number of hydrogen-bond acceptors (Lipinski definition) is 2. The third-order valence-corrected chi connectivity index (χ3v) is 4.62. The molecule has 0 amide bonds. The van der Waals surface area contributed by atoms with Crippen molar-refractivity contribution in [3.05, 3.63) is 29.6 Å². The highest BCUT2D eigenvalue weighted by atomic mass is 35.5. The Morgan fingerprint density at radius 1 is 1.30 bits per heavy atom. The van der Waals surface area contributed by atoms with Crippen LogP contribution in [0, 0.1) is 12.8 Å². The van der Waals surface area contributed by atoms with Crippen molar-refractivity contribution in [2.45, 2.75) is 32.2 Å². The number of piperidine rings is 1. The minimum Gasteiger partial charge on any atom is -0.327 e. The summed E-state index contributed by atoms with van der Waals surface area (Å²) in [5.41, 5.74) is 3.59. The molecule has 0 unspecified atom stereocenters. The molecular weight excluding hydrogens is 270 g/mol. The molecule has 0 radical (unpaired) electrons. The molecule has 0 bridgehead atoms. The van der Waals surface area contributed by atoms with Gasteiger partial charge in [0, 0.05) is 6.54 Å². The number of likely N-dealkylation sites (tertiary alicyclic amines) is 1. The molecule has 1 aliphatic heterocycles. The van der Waals surface area contributed by atoms with Gasteiger partial charge in [0.2, 0.25) is 0 Å². The Labute approximate surface area is 125 Å². The van der Waals surface area contributed by atoms with E-state index in [4.69, 9.17) is 11.6 Å². The summed E-state index contributed by atoms with van der Waals surface area (Å²) in [5.74, 6) is 2.23. The van der Waals surface area contributed by atoms with Crippen LogP contribution in [0.1, 0.15) is 24.2 Å². The summed E-state index contributed by atoms with van der Waals surface area (Å²) in [5, 5.41) is 0. The summed E-state index contributed by atoms with van der Waals surface area (Å²) >= 11 is 6.09. The average Bonchev–Trinajstić information content (AvgIpc) is 2.79. The lowest BCUT2D eigenvalue weighted by Crippen LogP contribution is -2.32. The number of imidazole rings is 1. The van der Waals surface area contributed by atoms with Gasteiger partial charge in [-0.15, -0.1) is 11.6 Å². The van der Waals surface area contributed by atoms with Crippen LogP contribution in [-0.2, 0) is 12.4 Å². The molecular formula is C16H22ClN3. The summed E-state index contributed by atoms with van der Waals surface area (Å²) in [6.45, 7) is 5.58. The molecule has 0 aliphatic carbocycles. The van der Waals surface area contributed by atoms with E-state index in [2.05, 4.69) is 46.6 Å². The first-order valence-corrected chi connectivity index (χ1v) is 7.91. The summed E-state index contributed by atoms with van der Waals surface area (Å²) in [6.07, 6.45) is 2.54. The van der Waals surface area contributed by atoms with E-state index in [0.717, 1.165) is 23.8 Å². The van der Waals surface area contributed by atoms with Gasteiger partial charge in [-0.1, -0.05) is 6.07 Å². The number of alkyl halides is 1. The minimum atomic E-state index is 0.486. The molecule has 1 fully saturated rings. The van der Waals surface area contributed by atoms with Crippen LogP contribution in [-0.4, -0.2) is 34.6 Å². The van der Waals surface area contributed by atoms with Gasteiger partial charge in [0.25, 0.3) is 0 Å². The molecule has 0 saturated carbocycles. The lowest BCUT2D eigenvalue weighted by molar-refractivity contribution is 0.205. The predicted molar refractivity (Wildman–Crippen MR) is 84.2 cm³/mol. The summed E-state index contributed by atoms with van der Waals surface area (Å²) in [6, 6.07) is 6.45. The van der Waals surface area contributed by atoms with Crippen LogP contribution >= 0.6 is 11.6 Å². The van der Waals surface area contributed by atoms with Crippen LogP contribution in [0.4, 0.5) is 0 Å². The van der Waals surface area contributed by atoms with Gasteiger partial charge in [-0.25, -0.2) is 4.98 Å². The quantitative estimate of drug-likeness (QED) is 0.808. The van der Waals surface area contributed by atoms with Gasteiger partial charge in [0.05, 0.1) is 16.9 Å². The topological polar surface area (TPSA) is 21.1 Å². The standard InChI is InChI=1S/C16H22ClN3/c1-12-3-4-14-15(9-12)20(16(10-17)18-14)11-13-5-7-19(2)8-6-13/h3-4,9,13H,5-8,10-11H2,1-2H3. The van der Waals surface area contributed by atoms with Gasteiger partial charge >= 0.3 is 0 Å². The molecule has 2 aromatic rings. The molecule has 0 N–H and O–H groups in total. The lowest BCUT2D eigenvalue weighted by atomic mass is 9.97. The SMILES string of the molecule is Cc1ccc2nc(CCl)n(CC3CCN(C)CC3)c2c1. The third-order valence-electron chi connectivity index (χ3n) is 4.38. The second-order valence-electron chi connectivity index (χ2n) is 6.01. The molecule has 108 valence electrons. The lowest BCUT2D eigenvalue weighted by Gasteiger charge is -2.29. The first kappa shape index (κ1) is 13.9. The highest BCUT2D eigenvalue weighted by Gasteiger charge is 2.19. The van der Waals surface area contributed by atoms with E-state index < -0.39 is 0 Å². The number of halogens is 1. The average molecular weight is 292 g/mol. The Balaban J connectivity index is 1.91. The van der Waals surface area contributed by atoms with Crippen LogP contribution in [0.15, 0.2) is 18.2 Å². The van der Waals surface area contributed by atoms with Crippen molar-refractivity contribution >= 4 is 22.6 Å². The van der Waals surface area contributed by atoms with Crippen LogP contribution in [0.3, 0.4) is 0 Å². The fourth-order valence-electron chi connectivity index (χ4n) is 3.09. The van der Waals surface area contributed by atoms with Gasteiger partial charge in [-0.05, 0) is 63.5 Å². The van der Waals surface area contributed by atoms with Crippen molar-refractivity contribution in [1.29, 1.82) is 0 Å². The molecule has 1 aliphatic rings. The van der Waals surface area contributed by atoms with Gasteiger partial charge in [0.15, 0.2) is 0 Å². The molecule has 3 rings (SSSR count). The second kappa shape index (κ2) is 5.74. The number of rotatable bonds is 3. The third kappa shape index (κ3) is 2.70. The number of aryl methyl sites for hydroxylation is 1. The maximum absolute atomic E-state index is 6.09. The van der Waals surface area contributed by atoms with Gasteiger partial charge in [0.1, 0.15) is 5.82 Å². The van der Waals surface area contributed by atoms with E-state index in [-0.39, 0.29) is 0 Å². The van der Waals surface area contributed by atoms with Crippen LogP contribution in [0.25, 0.3) is 11.0 Å². The van der Waals surface area contributed by atoms with Crippen molar-refractivity contribution in [3.63, 3.8) is 0 Å². The second-order valence-corrected chi connectivity index (χ2v) is 6.28. The number of benzene rings is 1. The Morgan fingerprint density at radius 3 is 2.75 bits per heavy atom. The van der Waals surface area contributed by atoms with Crippen molar-refractivity contribution in [2.24, 2.45) is 5.92 Å². The first-order valence-electron chi connectivity index (χ1n) is 7.37. The Morgan fingerprint density at radius 2 is 2.05 bits per heavy atom. The maximum Gasteiger partial charge on any atom is 0.124 e. The highest BCUT2D eigenvalue weighted by Crippen LogP contribution is 2.24. The number of fused-ring (bicyclic) bond motifs is 1. The summed E-state index contributed by atoms with van der Waals surface area (Å²) < 4.78 is 2.34. The normalized spacial score (nSPS) is 17.9. The van der Waals surface area contributed by atoms with Crippen LogP contribution < -0.4 is 0 Å². The van der Waals surface area contributed by atoms with Crippen molar-refractivity contribution in [1.82, 2.24) is 14.5 Å². The molecule has 20 heavy (non-hydrogen) atoms. The summed E-state index contributed by atoms with van der Waals surface area (Å²) in [7, 11) is 2.20. The van der Waals surface area contributed by atoms with E-state index >= 15 is 0 Å². The Hall–Kier alpha value is -1.06. The van der Waals surface area contributed by atoms with Gasteiger partial charge in [-0.2, -0.15) is 0 Å². The zero-order chi connectivity index (χ0) is 14.1. The van der Waals surface area contributed by atoms with Gasteiger partial charge < -0.3 is 9.47 Å². The highest BCUT2D eigenvalue weighted by molar-refractivity contribution is 6.16. The molecule has 4 heteroatoms. The van der Waals surface area contributed by atoms with Crippen LogP contribution in [0.2, 0.25) is 0 Å². The van der Waals surface area contributed by atoms with E-state index in [1.54, 1.807) is 0 Å². The number of hydrogen-bond donors (Lipinski definition) is 0. The Kier molecular flexibility index (Phi) is 3.99. The van der Waals surface area contributed by atoms with Crippen molar-refractivity contribution < 1.29 is 0 Å². The molecule has 3 nitrogen and oxygen atoms in total. The largest absolute Gasteiger partial charge is 0.327 e. The fraction of sp³-hybridized carbons (Fsp3) is 0.562. The molecule has 2 heterocycles. The fourth-order valence-corrected chi connectivity index (χ4v) is 3.30. The zero-order valence-electron chi connectivity index (χ0n) is 12.3. The number of nitrogens with zero attached hydrogens (tertiary/aromatic N) is 3. The predicted octanol–water partition coefficient (Wildman–Crippen LogP) is 3.43. The number of aromatic nitrogens is 2. The van der Waals surface area contributed by atoms with E-state index in [0.29, 0.717) is 5.88 Å². The molecule has 0 atom stereocenters. The Bertz CT molecular complexity index is 597. The maximum atomic E-state index is 6.09. The minimum absolute atomic E-state index is 0.486. The molecule has 1 aromatic carbocycles. The van der Waals surface area contributed by atoms with Crippen LogP contribution in [0.5, 0.6) is 0 Å².